The predicted octanol–water partition coefficient (Wildman–Crippen LogP) is 4.64. The van der Waals surface area contributed by atoms with Crippen LogP contribution in [0, 0.1) is 0 Å². The molecule has 0 aliphatic rings. The zero-order valence-electron chi connectivity index (χ0n) is 14.3. The molecule has 0 spiro atoms. The number of benzene rings is 1. The first kappa shape index (κ1) is 18.2. The molecule has 0 saturated carbocycles. The molecule has 0 aliphatic heterocycles. The Kier molecular flexibility index (Phi) is 5.24. The highest BCUT2D eigenvalue weighted by Gasteiger charge is 2.12. The number of pyridine rings is 1. The fraction of sp³-hybridized carbons (Fsp3) is 0.167. The van der Waals surface area contributed by atoms with Gasteiger partial charge in [0.05, 0.1) is 10.7 Å². The third-order valence-corrected chi connectivity index (χ3v) is 5.52. The van der Waals surface area contributed by atoms with E-state index in [4.69, 9.17) is 27.9 Å². The van der Waals surface area contributed by atoms with Crippen LogP contribution in [0.5, 0.6) is 5.75 Å². The summed E-state index contributed by atoms with van der Waals surface area (Å²) < 4.78 is 9.64. The Balaban J connectivity index is 1.41. The molecule has 0 fully saturated rings. The molecular formula is C18H15Cl2N5OS. The fourth-order valence-corrected chi connectivity index (χ4v) is 3.80. The van der Waals surface area contributed by atoms with Gasteiger partial charge in [0.1, 0.15) is 18.0 Å². The van der Waals surface area contributed by atoms with Crippen LogP contribution in [-0.4, -0.2) is 24.1 Å². The second-order valence-corrected chi connectivity index (χ2v) is 7.59. The Morgan fingerprint density at radius 2 is 2.04 bits per heavy atom. The topological polar surface area (TPSA) is 57.2 Å². The molecule has 1 aromatic carbocycles. The van der Waals surface area contributed by atoms with Gasteiger partial charge in [-0.2, -0.15) is 0 Å². The van der Waals surface area contributed by atoms with Gasteiger partial charge in [-0.3, -0.25) is 0 Å². The number of hydrogen-bond donors (Lipinski definition) is 0. The molecule has 0 amide bonds. The maximum atomic E-state index is 6.13. The average Bonchev–Trinajstić information content (AvgIpc) is 3.22. The summed E-state index contributed by atoms with van der Waals surface area (Å²) in [4.78, 5) is 4.59. The van der Waals surface area contributed by atoms with E-state index in [1.165, 1.54) is 0 Å². The van der Waals surface area contributed by atoms with E-state index >= 15 is 0 Å². The summed E-state index contributed by atoms with van der Waals surface area (Å²) in [7, 11) is 1.91. The number of ether oxygens (including phenoxy) is 1. The smallest absolute Gasteiger partial charge is 0.191 e. The van der Waals surface area contributed by atoms with Crippen molar-refractivity contribution in [3.8, 4) is 5.75 Å². The van der Waals surface area contributed by atoms with Crippen LogP contribution in [0.15, 0.2) is 53.9 Å². The van der Waals surface area contributed by atoms with Crippen LogP contribution in [-0.2, 0) is 19.4 Å². The fourth-order valence-electron chi connectivity index (χ4n) is 2.53. The zero-order valence-corrected chi connectivity index (χ0v) is 16.7. The van der Waals surface area contributed by atoms with Crippen molar-refractivity contribution in [2.75, 3.05) is 0 Å². The van der Waals surface area contributed by atoms with Crippen LogP contribution in [0.25, 0.3) is 5.65 Å². The van der Waals surface area contributed by atoms with Crippen molar-refractivity contribution in [2.45, 2.75) is 17.5 Å². The molecule has 0 aliphatic carbocycles. The molecule has 27 heavy (non-hydrogen) atoms. The van der Waals surface area contributed by atoms with E-state index in [2.05, 4.69) is 15.2 Å². The Hall–Kier alpha value is -2.22. The van der Waals surface area contributed by atoms with E-state index in [1.807, 2.05) is 46.6 Å². The second-order valence-electron chi connectivity index (χ2n) is 5.81. The molecule has 4 aromatic rings. The van der Waals surface area contributed by atoms with Gasteiger partial charge in [0.25, 0.3) is 0 Å². The minimum Gasteiger partial charge on any atom is -0.484 e. The van der Waals surface area contributed by atoms with E-state index in [0.29, 0.717) is 27.4 Å². The minimum atomic E-state index is 0.264. The van der Waals surface area contributed by atoms with Crippen LogP contribution in [0.4, 0.5) is 0 Å². The molecule has 0 N–H and O–H groups in total. The Bertz CT molecular complexity index is 1060. The van der Waals surface area contributed by atoms with Gasteiger partial charge in [0.15, 0.2) is 11.0 Å². The molecule has 0 unspecified atom stereocenters. The summed E-state index contributed by atoms with van der Waals surface area (Å²) in [5.41, 5.74) is 1.92. The number of nitrogens with zero attached hydrogens (tertiary/aromatic N) is 5. The molecule has 3 heterocycles. The van der Waals surface area contributed by atoms with Crippen molar-refractivity contribution in [3.63, 3.8) is 0 Å². The Labute approximate surface area is 170 Å². The summed E-state index contributed by atoms with van der Waals surface area (Å²) in [6.45, 7) is 0.264. The summed E-state index contributed by atoms with van der Waals surface area (Å²) in [6, 6.07) is 11.0. The van der Waals surface area contributed by atoms with Crippen LogP contribution in [0.1, 0.15) is 11.5 Å². The van der Waals surface area contributed by atoms with Crippen LogP contribution < -0.4 is 4.74 Å². The van der Waals surface area contributed by atoms with Crippen molar-refractivity contribution in [1.29, 1.82) is 0 Å². The van der Waals surface area contributed by atoms with Gasteiger partial charge in [-0.15, -0.1) is 10.2 Å². The first-order chi connectivity index (χ1) is 13.1. The highest BCUT2D eigenvalue weighted by molar-refractivity contribution is 7.98. The molecule has 0 atom stereocenters. The maximum absolute atomic E-state index is 6.13. The molecule has 6 nitrogen and oxygen atoms in total. The summed E-state index contributed by atoms with van der Waals surface area (Å²) in [5.74, 6) is 1.97. The summed E-state index contributed by atoms with van der Waals surface area (Å²) >= 11 is 13.6. The molecule has 0 bridgehead atoms. The summed E-state index contributed by atoms with van der Waals surface area (Å²) in [5, 5.41) is 10.3. The first-order valence-electron chi connectivity index (χ1n) is 8.11. The van der Waals surface area contributed by atoms with Crippen molar-refractivity contribution in [1.82, 2.24) is 24.1 Å². The highest BCUT2D eigenvalue weighted by atomic mass is 35.5. The normalized spacial score (nSPS) is 11.2. The van der Waals surface area contributed by atoms with Gasteiger partial charge in [-0.05, 0) is 30.3 Å². The first-order valence-corrected chi connectivity index (χ1v) is 9.86. The van der Waals surface area contributed by atoms with Gasteiger partial charge in [-0.25, -0.2) is 4.98 Å². The molecule has 9 heteroatoms. The lowest BCUT2D eigenvalue weighted by Crippen LogP contribution is -2.04. The maximum Gasteiger partial charge on any atom is 0.191 e. The lowest BCUT2D eigenvalue weighted by atomic mass is 10.3. The largest absolute Gasteiger partial charge is 0.484 e. The number of rotatable bonds is 6. The number of aromatic nitrogens is 5. The van der Waals surface area contributed by atoms with Crippen LogP contribution in [0.3, 0.4) is 0 Å². The standard InChI is InChI=1S/C18H15Cl2N5OS/c1-24-17(10-26-15-6-5-12(19)8-14(15)20)22-23-18(24)27-11-13-9-25-7-3-2-4-16(25)21-13/h2-9H,10-11H2,1H3. The van der Waals surface area contributed by atoms with E-state index in [-0.39, 0.29) is 6.61 Å². The molecule has 138 valence electrons. The van der Waals surface area contributed by atoms with Gasteiger partial charge in [0.2, 0.25) is 0 Å². The van der Waals surface area contributed by atoms with Crippen molar-refractivity contribution < 1.29 is 4.74 Å². The van der Waals surface area contributed by atoms with Crippen LogP contribution >= 0.6 is 35.0 Å². The summed E-state index contributed by atoms with van der Waals surface area (Å²) in [6.07, 6.45) is 4.00. The molecule has 0 saturated heterocycles. The van der Waals surface area contributed by atoms with E-state index in [9.17, 15) is 0 Å². The van der Waals surface area contributed by atoms with E-state index in [0.717, 1.165) is 16.5 Å². The predicted molar refractivity (Wildman–Crippen MR) is 107 cm³/mol. The van der Waals surface area contributed by atoms with Crippen molar-refractivity contribution in [2.24, 2.45) is 7.05 Å². The molecule has 0 radical (unpaired) electrons. The zero-order chi connectivity index (χ0) is 18.8. The van der Waals surface area contributed by atoms with Gasteiger partial charge < -0.3 is 13.7 Å². The Morgan fingerprint density at radius 1 is 1.15 bits per heavy atom. The Morgan fingerprint density at radius 3 is 2.85 bits per heavy atom. The van der Waals surface area contributed by atoms with Gasteiger partial charge >= 0.3 is 0 Å². The van der Waals surface area contributed by atoms with Gasteiger partial charge in [-0.1, -0.05) is 41.0 Å². The number of hydrogen-bond acceptors (Lipinski definition) is 5. The average molecular weight is 420 g/mol. The number of thioether (sulfide) groups is 1. The number of halogens is 2. The van der Waals surface area contributed by atoms with Gasteiger partial charge in [0, 0.05) is 30.2 Å². The lowest BCUT2D eigenvalue weighted by molar-refractivity contribution is 0.290. The molecule has 4 rings (SSSR count). The third kappa shape index (κ3) is 4.05. The lowest BCUT2D eigenvalue weighted by Gasteiger charge is -2.08. The van der Waals surface area contributed by atoms with Crippen LogP contribution in [0.2, 0.25) is 10.0 Å². The quantitative estimate of drug-likeness (QED) is 0.426. The van der Waals surface area contributed by atoms with Crippen molar-refractivity contribution >= 4 is 40.6 Å². The van der Waals surface area contributed by atoms with Crippen molar-refractivity contribution in [3.05, 3.63) is 70.4 Å². The third-order valence-electron chi connectivity index (χ3n) is 3.94. The SMILES string of the molecule is Cn1c(COc2ccc(Cl)cc2Cl)nnc1SCc1cn2ccccc2n1. The second kappa shape index (κ2) is 7.80. The monoisotopic (exact) mass is 419 g/mol. The number of imidazole rings is 1. The molecular weight excluding hydrogens is 405 g/mol. The van der Waals surface area contributed by atoms with E-state index < -0.39 is 0 Å². The number of fused-ring (bicyclic) bond motifs is 1. The van der Waals surface area contributed by atoms with E-state index in [1.54, 1.807) is 30.0 Å². The minimum absolute atomic E-state index is 0.264. The highest BCUT2D eigenvalue weighted by Crippen LogP contribution is 2.28. The molecule has 3 aromatic heterocycles.